The predicted molar refractivity (Wildman–Crippen MR) is 232 cm³/mol. The van der Waals surface area contributed by atoms with Crippen molar-refractivity contribution in [1.82, 2.24) is 41.8 Å². The number of nitrogens with one attached hydrogen (secondary N) is 6. The lowest BCUT2D eigenvalue weighted by Crippen LogP contribution is -2.65. The van der Waals surface area contributed by atoms with E-state index in [2.05, 4.69) is 42.8 Å². The van der Waals surface area contributed by atoms with Crippen molar-refractivity contribution in [3.05, 3.63) is 52.5 Å². The normalized spacial score (nSPS) is 22.3. The SMILES string of the molecule is C#CCNC(=O)C[C@@H](NC(=O)[C@@H](NC(=O)[C@@H](NC1=NCC(=O)N2CC[C@@H](C)[C@H]2C(=O)N[C@@H](C(C)C)C(=O)N[C@H]1C(C)(C)C)C(C)(C)C)[C@@H](C)c1ccccc1)c1nccs1. The highest BCUT2D eigenvalue weighted by molar-refractivity contribution is 7.09. The van der Waals surface area contributed by atoms with E-state index in [0.717, 1.165) is 5.56 Å². The van der Waals surface area contributed by atoms with Gasteiger partial charge in [-0.05, 0) is 34.7 Å². The van der Waals surface area contributed by atoms with Crippen molar-refractivity contribution in [2.24, 2.45) is 27.7 Å². The van der Waals surface area contributed by atoms with Gasteiger partial charge in [-0.25, -0.2) is 4.98 Å². The van der Waals surface area contributed by atoms with E-state index < -0.39 is 70.7 Å². The number of carbonyl (C=O) groups excluding carboxylic acids is 6. The number of fused-ring (bicyclic) bond motifs is 1. The Morgan fingerprint density at radius 2 is 1.67 bits per heavy atom. The van der Waals surface area contributed by atoms with Gasteiger partial charge in [0.2, 0.25) is 35.4 Å². The van der Waals surface area contributed by atoms with E-state index in [4.69, 9.17) is 11.4 Å². The minimum atomic E-state index is -1.13. The van der Waals surface area contributed by atoms with Crippen LogP contribution in [0.3, 0.4) is 0 Å². The van der Waals surface area contributed by atoms with Crippen molar-refractivity contribution in [1.29, 1.82) is 0 Å². The van der Waals surface area contributed by atoms with Crippen molar-refractivity contribution in [3.63, 3.8) is 0 Å². The number of hydrogen-bond acceptors (Lipinski definition) is 10. The van der Waals surface area contributed by atoms with Crippen LogP contribution in [0.25, 0.3) is 0 Å². The molecule has 1 fully saturated rings. The Morgan fingerprint density at radius 3 is 2.25 bits per heavy atom. The van der Waals surface area contributed by atoms with Crippen LogP contribution < -0.4 is 31.9 Å². The molecule has 6 N–H and O–H groups in total. The predicted octanol–water partition coefficient (Wildman–Crippen LogP) is 3.05. The van der Waals surface area contributed by atoms with Crippen molar-refractivity contribution in [2.45, 2.75) is 124 Å². The molecule has 60 heavy (non-hydrogen) atoms. The van der Waals surface area contributed by atoms with Gasteiger partial charge in [0.15, 0.2) is 0 Å². The average molecular weight is 846 g/mol. The van der Waals surface area contributed by atoms with Crippen LogP contribution >= 0.6 is 11.3 Å². The van der Waals surface area contributed by atoms with Crippen LogP contribution in [0.5, 0.6) is 0 Å². The quantitative estimate of drug-likeness (QED) is 0.175. The van der Waals surface area contributed by atoms with Crippen LogP contribution in [0.15, 0.2) is 46.9 Å². The molecule has 2 aromatic rings. The fourth-order valence-corrected chi connectivity index (χ4v) is 8.18. The largest absolute Gasteiger partial charge is 0.360 e. The van der Waals surface area contributed by atoms with Gasteiger partial charge in [-0.15, -0.1) is 17.8 Å². The molecular formula is C44H63N9O6S. The molecule has 3 heterocycles. The summed E-state index contributed by atoms with van der Waals surface area (Å²) in [5.41, 5.74) is -0.729. The van der Waals surface area contributed by atoms with Crippen molar-refractivity contribution in [3.8, 4) is 12.3 Å². The standard InChI is InChI=1S/C44H63N9O6S/c1-12-19-45-30(54)23-29(42-46-20-22-60-42)48-39(57)33(27(5)28-16-14-13-15-17-28)50-41(59)36(44(9,10)11)51-37-35(43(6,7)8)52-38(56)32(25(2)3)49-40(58)34-26(4)18-21-53(34)31(55)24-47-37/h1,13-17,20,22,25-27,29,32-36H,18-19,21,23-24H2,2-11H3,(H,45,54)(H,47,51)(H,48,57)(H,49,58)(H,50,59)(H,52,56)/t26-,27+,29-,32+,33+,34+,35-,36-/m1/s1. The Morgan fingerprint density at radius 1 is 0.983 bits per heavy atom. The molecule has 2 aliphatic heterocycles. The maximum Gasteiger partial charge on any atom is 0.244 e. The van der Waals surface area contributed by atoms with Gasteiger partial charge in [0.05, 0.1) is 25.0 Å². The highest BCUT2D eigenvalue weighted by atomic mass is 32.1. The number of amides is 6. The molecule has 0 radical (unpaired) electrons. The summed E-state index contributed by atoms with van der Waals surface area (Å²) in [7, 11) is 0. The second-order valence-corrected chi connectivity index (χ2v) is 19.2. The number of aliphatic imine (C=N–C) groups is 1. The second-order valence-electron chi connectivity index (χ2n) is 18.3. The third-order valence-electron chi connectivity index (χ3n) is 11.0. The number of nitrogens with zero attached hydrogens (tertiary/aromatic N) is 3. The molecule has 0 aliphatic carbocycles. The molecule has 0 unspecified atom stereocenters. The van der Waals surface area contributed by atoms with Gasteiger partial charge < -0.3 is 36.8 Å². The Bertz CT molecular complexity index is 1920. The zero-order valence-corrected chi connectivity index (χ0v) is 37.4. The molecule has 0 saturated carbocycles. The van der Waals surface area contributed by atoms with Crippen LogP contribution in [-0.4, -0.2) is 101 Å². The lowest BCUT2D eigenvalue weighted by molar-refractivity contribution is -0.140. The number of amidine groups is 1. The van der Waals surface area contributed by atoms with Gasteiger partial charge >= 0.3 is 0 Å². The minimum absolute atomic E-state index is 0.0222. The smallest absolute Gasteiger partial charge is 0.244 e. The van der Waals surface area contributed by atoms with Gasteiger partial charge in [0, 0.05) is 24.0 Å². The number of aromatic nitrogens is 1. The third kappa shape index (κ3) is 12.1. The first-order chi connectivity index (χ1) is 28.1. The Kier molecular flexibility index (Phi) is 16.0. The lowest BCUT2D eigenvalue weighted by Gasteiger charge is -2.39. The average Bonchev–Trinajstić information content (AvgIpc) is 3.86. The maximum absolute atomic E-state index is 14.8. The zero-order valence-electron chi connectivity index (χ0n) is 36.5. The molecule has 0 spiro atoms. The first-order valence-electron chi connectivity index (χ1n) is 20.6. The molecule has 326 valence electrons. The minimum Gasteiger partial charge on any atom is -0.360 e. The fraction of sp³-hybridized carbons (Fsp3) is 0.591. The van der Waals surface area contributed by atoms with E-state index >= 15 is 0 Å². The highest BCUT2D eigenvalue weighted by Gasteiger charge is 2.44. The van der Waals surface area contributed by atoms with Crippen LogP contribution in [0, 0.1) is 35.0 Å². The van der Waals surface area contributed by atoms with Gasteiger partial charge in [0.25, 0.3) is 0 Å². The molecular weight excluding hydrogens is 783 g/mol. The molecule has 1 aromatic carbocycles. The number of rotatable bonds is 12. The Hall–Kier alpha value is -5.30. The monoisotopic (exact) mass is 845 g/mol. The number of carbonyl (C=O) groups is 6. The molecule has 1 saturated heterocycles. The first-order valence-corrected chi connectivity index (χ1v) is 21.5. The molecule has 15 nitrogen and oxygen atoms in total. The van der Waals surface area contributed by atoms with Gasteiger partial charge in [0.1, 0.15) is 41.6 Å². The molecule has 16 heteroatoms. The van der Waals surface area contributed by atoms with Crippen molar-refractivity contribution in [2.75, 3.05) is 19.6 Å². The van der Waals surface area contributed by atoms with E-state index in [0.29, 0.717) is 18.0 Å². The number of thiazole rings is 1. The summed E-state index contributed by atoms with van der Waals surface area (Å²) in [6.07, 6.45) is 7.42. The Balaban J connectivity index is 1.75. The summed E-state index contributed by atoms with van der Waals surface area (Å²) in [6.45, 7) is 18.8. The van der Waals surface area contributed by atoms with Crippen LogP contribution in [0.1, 0.15) is 105 Å². The summed E-state index contributed by atoms with van der Waals surface area (Å²) >= 11 is 1.28. The number of terminal acetylenes is 1. The zero-order chi connectivity index (χ0) is 44.5. The van der Waals surface area contributed by atoms with Gasteiger partial charge in [-0.2, -0.15) is 0 Å². The summed E-state index contributed by atoms with van der Waals surface area (Å²) in [6, 6.07) is 3.78. The van der Waals surface area contributed by atoms with Crippen LogP contribution in [0.2, 0.25) is 0 Å². The van der Waals surface area contributed by atoms with E-state index in [1.54, 1.807) is 11.6 Å². The first kappa shape index (κ1) is 47.4. The lowest BCUT2D eigenvalue weighted by atomic mass is 9.82. The molecule has 6 amide bonds. The summed E-state index contributed by atoms with van der Waals surface area (Å²) in [4.78, 5) is 94.5. The van der Waals surface area contributed by atoms with Crippen molar-refractivity contribution >= 4 is 52.6 Å². The summed E-state index contributed by atoms with van der Waals surface area (Å²) < 4.78 is 0. The summed E-state index contributed by atoms with van der Waals surface area (Å²) in [5, 5.41) is 20.3. The number of hydrogen-bond donors (Lipinski definition) is 6. The van der Waals surface area contributed by atoms with E-state index in [9.17, 15) is 28.8 Å². The van der Waals surface area contributed by atoms with E-state index in [1.165, 1.54) is 16.2 Å². The molecule has 0 bridgehead atoms. The van der Waals surface area contributed by atoms with E-state index in [1.807, 2.05) is 99.6 Å². The van der Waals surface area contributed by atoms with Crippen LogP contribution in [0.4, 0.5) is 0 Å². The van der Waals surface area contributed by atoms with Crippen LogP contribution in [-0.2, 0) is 28.8 Å². The highest BCUT2D eigenvalue weighted by Crippen LogP contribution is 2.29. The Labute approximate surface area is 358 Å². The second kappa shape index (κ2) is 20.3. The van der Waals surface area contributed by atoms with Gasteiger partial charge in [-0.1, -0.05) is 105 Å². The fourth-order valence-electron chi connectivity index (χ4n) is 7.49. The molecule has 8 atom stereocenters. The third-order valence-corrected chi connectivity index (χ3v) is 11.9. The molecule has 2 aliphatic rings. The molecule has 4 rings (SSSR count). The summed E-state index contributed by atoms with van der Waals surface area (Å²) in [5.74, 6) is -0.997. The topological polar surface area (TPSA) is 203 Å². The van der Waals surface area contributed by atoms with Gasteiger partial charge in [-0.3, -0.25) is 33.8 Å². The number of benzene rings is 1. The van der Waals surface area contributed by atoms with Crippen molar-refractivity contribution < 1.29 is 28.8 Å². The maximum atomic E-state index is 14.8. The molecule has 1 aromatic heterocycles. The van der Waals surface area contributed by atoms with E-state index in [-0.39, 0.29) is 54.9 Å².